The lowest BCUT2D eigenvalue weighted by Crippen LogP contribution is -2.31. The van der Waals surface area contributed by atoms with E-state index >= 15 is 4.39 Å². The zero-order chi connectivity index (χ0) is 21.5. The number of rotatable bonds is 4. The van der Waals surface area contributed by atoms with Crippen LogP contribution in [0, 0.1) is 5.82 Å². The van der Waals surface area contributed by atoms with E-state index in [1.807, 2.05) is 12.1 Å². The first-order valence-electron chi connectivity index (χ1n) is 10.3. The van der Waals surface area contributed by atoms with E-state index in [-0.39, 0.29) is 17.5 Å². The van der Waals surface area contributed by atoms with Crippen LogP contribution in [0.25, 0.3) is 33.1 Å². The van der Waals surface area contributed by atoms with Gasteiger partial charge in [0.25, 0.3) is 0 Å². The Labute approximate surface area is 178 Å². The van der Waals surface area contributed by atoms with Gasteiger partial charge in [-0.05, 0) is 25.0 Å². The molecule has 0 saturated carbocycles. The molecule has 0 radical (unpaired) electrons. The first kappa shape index (κ1) is 19.8. The second-order valence-corrected chi connectivity index (χ2v) is 7.90. The summed E-state index contributed by atoms with van der Waals surface area (Å²) in [4.78, 5) is 21.9. The van der Waals surface area contributed by atoms with E-state index in [4.69, 9.17) is 9.47 Å². The number of nitrogens with zero attached hydrogens (tertiary/aromatic N) is 4. The monoisotopic (exact) mass is 422 g/mol. The molecule has 1 saturated heterocycles. The average molecular weight is 422 g/mol. The van der Waals surface area contributed by atoms with Gasteiger partial charge in [-0.1, -0.05) is 6.07 Å². The molecule has 0 N–H and O–H groups in total. The highest BCUT2D eigenvalue weighted by Crippen LogP contribution is 2.32. The molecule has 31 heavy (non-hydrogen) atoms. The van der Waals surface area contributed by atoms with Gasteiger partial charge in [0.05, 0.1) is 47.7 Å². The van der Waals surface area contributed by atoms with E-state index in [1.165, 1.54) is 6.07 Å². The zero-order valence-corrected chi connectivity index (χ0v) is 17.5. The number of imidazole rings is 1. The molecule has 7 nitrogen and oxygen atoms in total. The molecule has 1 atom stereocenters. The molecular formula is C23H23FN4O3. The Morgan fingerprint density at radius 2 is 2.13 bits per heavy atom. The minimum absolute atomic E-state index is 0.0564. The summed E-state index contributed by atoms with van der Waals surface area (Å²) in [6, 6.07) is 6.78. The first-order chi connectivity index (χ1) is 15.1. The molecule has 1 aliphatic rings. The van der Waals surface area contributed by atoms with Gasteiger partial charge in [0.15, 0.2) is 0 Å². The van der Waals surface area contributed by atoms with Crippen LogP contribution in [0.2, 0.25) is 0 Å². The van der Waals surface area contributed by atoms with E-state index in [0.717, 1.165) is 29.4 Å². The third-order valence-corrected chi connectivity index (χ3v) is 5.93. The first-order valence-corrected chi connectivity index (χ1v) is 10.3. The highest BCUT2D eigenvalue weighted by Gasteiger charge is 2.24. The van der Waals surface area contributed by atoms with Gasteiger partial charge in [-0.3, -0.25) is 19.1 Å². The van der Waals surface area contributed by atoms with E-state index < -0.39 is 0 Å². The fourth-order valence-corrected chi connectivity index (χ4v) is 4.35. The number of hydrogen-bond donors (Lipinski definition) is 0. The molecule has 4 aromatic rings. The molecule has 160 valence electrons. The summed E-state index contributed by atoms with van der Waals surface area (Å²) in [5, 5.41) is 0.734. The van der Waals surface area contributed by atoms with E-state index in [2.05, 4.69) is 9.97 Å². The van der Waals surface area contributed by atoms with Gasteiger partial charge in [-0.15, -0.1) is 0 Å². The molecule has 3 aromatic heterocycles. The van der Waals surface area contributed by atoms with Crippen molar-refractivity contribution in [2.24, 2.45) is 7.05 Å². The van der Waals surface area contributed by atoms with Crippen molar-refractivity contribution in [3.05, 3.63) is 58.7 Å². The smallest absolute Gasteiger partial charge is 0.329 e. The second kappa shape index (κ2) is 7.86. The molecule has 1 unspecified atom stereocenters. The summed E-state index contributed by atoms with van der Waals surface area (Å²) in [6.45, 7) is 1.59. The SMILES string of the molecule is COCc1ccc(-c2cc3c(cc2F)ncc2c3n(C3CCCOC3)c(=O)n2C)cn1. The standard InChI is InChI=1S/C23H23FN4O3/c1-27-21-11-26-20-9-19(24)17(14-5-6-15(12-30-2)25-10-14)8-18(20)22(21)28(23(27)29)16-4-3-7-31-13-16/h5-6,8-11,16H,3-4,7,12-13H2,1-2H3. The number of ether oxygens (including phenoxy) is 2. The summed E-state index contributed by atoms with van der Waals surface area (Å²) in [6.07, 6.45) is 5.04. The molecule has 0 amide bonds. The lowest BCUT2D eigenvalue weighted by Gasteiger charge is -2.23. The maximum atomic E-state index is 15.0. The molecule has 4 heterocycles. The fraction of sp³-hybridized carbons (Fsp3) is 0.348. The Morgan fingerprint density at radius 3 is 2.84 bits per heavy atom. The molecule has 0 spiro atoms. The minimum atomic E-state index is -0.383. The van der Waals surface area contributed by atoms with Crippen LogP contribution in [0.1, 0.15) is 24.6 Å². The maximum absolute atomic E-state index is 15.0. The van der Waals surface area contributed by atoms with Gasteiger partial charge in [-0.25, -0.2) is 9.18 Å². The van der Waals surface area contributed by atoms with Gasteiger partial charge in [-0.2, -0.15) is 0 Å². The molecule has 1 fully saturated rings. The number of halogens is 1. The van der Waals surface area contributed by atoms with Crippen molar-refractivity contribution in [2.75, 3.05) is 20.3 Å². The van der Waals surface area contributed by atoms with E-state index in [1.54, 1.807) is 41.8 Å². The third-order valence-electron chi connectivity index (χ3n) is 5.93. The molecular weight excluding hydrogens is 399 g/mol. The topological polar surface area (TPSA) is 71.2 Å². The maximum Gasteiger partial charge on any atom is 0.329 e. The Hall–Kier alpha value is -3.10. The average Bonchev–Trinajstić information content (AvgIpc) is 3.05. The molecule has 8 heteroatoms. The number of fused-ring (bicyclic) bond motifs is 3. The number of pyridine rings is 2. The van der Waals surface area contributed by atoms with Gasteiger partial charge >= 0.3 is 5.69 Å². The molecule has 5 rings (SSSR count). The summed E-state index contributed by atoms with van der Waals surface area (Å²) in [5.41, 5.74) is 3.71. The van der Waals surface area contributed by atoms with Crippen molar-refractivity contribution in [1.29, 1.82) is 0 Å². The molecule has 0 bridgehead atoms. The largest absolute Gasteiger partial charge is 0.379 e. The Kier molecular flexibility index (Phi) is 5.03. The zero-order valence-electron chi connectivity index (χ0n) is 17.5. The Morgan fingerprint density at radius 1 is 1.26 bits per heavy atom. The van der Waals surface area contributed by atoms with Crippen molar-refractivity contribution in [1.82, 2.24) is 19.1 Å². The number of methoxy groups -OCH3 is 1. The predicted molar refractivity (Wildman–Crippen MR) is 115 cm³/mol. The van der Waals surface area contributed by atoms with Crippen LogP contribution in [-0.4, -0.2) is 39.4 Å². The van der Waals surface area contributed by atoms with Gasteiger partial charge in [0.2, 0.25) is 0 Å². The van der Waals surface area contributed by atoms with Crippen LogP contribution in [0.15, 0.2) is 41.5 Å². The molecule has 1 aliphatic heterocycles. The van der Waals surface area contributed by atoms with Crippen molar-refractivity contribution in [3.8, 4) is 11.1 Å². The van der Waals surface area contributed by atoms with Crippen LogP contribution < -0.4 is 5.69 Å². The van der Waals surface area contributed by atoms with E-state index in [9.17, 15) is 4.79 Å². The van der Waals surface area contributed by atoms with Crippen molar-refractivity contribution in [3.63, 3.8) is 0 Å². The summed E-state index contributed by atoms with van der Waals surface area (Å²) in [5.74, 6) is -0.383. The molecule has 1 aromatic carbocycles. The minimum Gasteiger partial charge on any atom is -0.379 e. The quantitative estimate of drug-likeness (QED) is 0.503. The lowest BCUT2D eigenvalue weighted by molar-refractivity contribution is 0.0593. The summed E-state index contributed by atoms with van der Waals surface area (Å²) < 4.78 is 29.1. The molecule has 0 aliphatic carbocycles. The van der Waals surface area contributed by atoms with E-state index in [0.29, 0.717) is 42.0 Å². The lowest BCUT2D eigenvalue weighted by atomic mass is 10.0. The normalized spacial score (nSPS) is 16.9. The Balaban J connectivity index is 1.75. The van der Waals surface area contributed by atoms with Gasteiger partial charge in [0.1, 0.15) is 5.82 Å². The van der Waals surface area contributed by atoms with Crippen LogP contribution in [0.4, 0.5) is 4.39 Å². The van der Waals surface area contributed by atoms with Crippen LogP contribution in [-0.2, 0) is 23.1 Å². The summed E-state index contributed by atoms with van der Waals surface area (Å²) >= 11 is 0. The summed E-state index contributed by atoms with van der Waals surface area (Å²) in [7, 11) is 3.34. The van der Waals surface area contributed by atoms with Crippen molar-refractivity contribution in [2.45, 2.75) is 25.5 Å². The van der Waals surface area contributed by atoms with Crippen LogP contribution in [0.5, 0.6) is 0 Å². The Bertz CT molecular complexity index is 1320. The van der Waals surface area contributed by atoms with Crippen molar-refractivity contribution < 1.29 is 13.9 Å². The number of benzene rings is 1. The van der Waals surface area contributed by atoms with Crippen LogP contribution in [0.3, 0.4) is 0 Å². The van der Waals surface area contributed by atoms with Crippen molar-refractivity contribution >= 4 is 21.9 Å². The number of aromatic nitrogens is 4. The predicted octanol–water partition coefficient (Wildman–Crippen LogP) is 3.59. The fourth-order valence-electron chi connectivity index (χ4n) is 4.35. The van der Waals surface area contributed by atoms with Gasteiger partial charge in [0, 0.05) is 49.5 Å². The van der Waals surface area contributed by atoms with Crippen LogP contribution >= 0.6 is 0 Å². The number of hydrogen-bond acceptors (Lipinski definition) is 5. The third kappa shape index (κ3) is 3.32. The highest BCUT2D eigenvalue weighted by molar-refractivity contribution is 6.04. The highest BCUT2D eigenvalue weighted by atomic mass is 19.1. The van der Waals surface area contributed by atoms with Gasteiger partial charge < -0.3 is 9.47 Å². The number of aryl methyl sites for hydroxylation is 1. The second-order valence-electron chi connectivity index (χ2n) is 7.90.